The van der Waals surface area contributed by atoms with Gasteiger partial charge in [0, 0.05) is 25.1 Å². The Kier molecular flexibility index (Phi) is 3.31. The summed E-state index contributed by atoms with van der Waals surface area (Å²) in [4.78, 5) is 15.7. The second-order valence-corrected chi connectivity index (χ2v) is 3.64. The molecule has 4 heteroatoms. The van der Waals surface area contributed by atoms with Gasteiger partial charge in [-0.2, -0.15) is 5.26 Å². The summed E-state index contributed by atoms with van der Waals surface area (Å²) in [6.07, 6.45) is 5.90. The lowest BCUT2D eigenvalue weighted by Gasteiger charge is -2.05. The van der Waals surface area contributed by atoms with Gasteiger partial charge in [-0.05, 0) is 36.2 Å². The highest BCUT2D eigenvalue weighted by Crippen LogP contribution is 1.99. The predicted molar refractivity (Wildman–Crippen MR) is 63.4 cm³/mol. The van der Waals surface area contributed by atoms with Crippen molar-refractivity contribution >= 4 is 0 Å². The highest BCUT2D eigenvalue weighted by Gasteiger charge is 2.01. The zero-order valence-corrected chi connectivity index (χ0v) is 9.21. The topological polar surface area (TPSA) is 58.7 Å². The van der Waals surface area contributed by atoms with Crippen molar-refractivity contribution in [3.63, 3.8) is 0 Å². The van der Waals surface area contributed by atoms with E-state index >= 15 is 0 Å². The molecule has 0 aromatic carbocycles. The molecule has 0 aliphatic heterocycles. The van der Waals surface area contributed by atoms with Crippen molar-refractivity contribution in [3.8, 4) is 6.07 Å². The summed E-state index contributed by atoms with van der Waals surface area (Å²) in [5.41, 5.74) is 1.07. The SMILES string of the molecule is N#Cc1cccn(CCc2ccncc2)c1=O. The van der Waals surface area contributed by atoms with Crippen molar-refractivity contribution < 1.29 is 0 Å². The van der Waals surface area contributed by atoms with E-state index in [1.807, 2.05) is 18.2 Å². The van der Waals surface area contributed by atoms with Gasteiger partial charge >= 0.3 is 0 Å². The fourth-order valence-corrected chi connectivity index (χ4v) is 1.60. The summed E-state index contributed by atoms with van der Waals surface area (Å²) < 4.78 is 1.55. The van der Waals surface area contributed by atoms with Gasteiger partial charge < -0.3 is 4.57 Å². The Morgan fingerprint density at radius 2 is 2.06 bits per heavy atom. The molecule has 2 aromatic heterocycles. The van der Waals surface area contributed by atoms with E-state index in [4.69, 9.17) is 5.26 Å². The number of pyridine rings is 2. The highest BCUT2D eigenvalue weighted by atomic mass is 16.1. The molecule has 0 aliphatic carbocycles. The molecule has 2 aromatic rings. The van der Waals surface area contributed by atoms with Crippen LogP contribution in [0.25, 0.3) is 0 Å². The maximum absolute atomic E-state index is 11.7. The zero-order valence-electron chi connectivity index (χ0n) is 9.21. The molecule has 2 rings (SSSR count). The first-order valence-corrected chi connectivity index (χ1v) is 5.30. The van der Waals surface area contributed by atoms with Gasteiger partial charge in [0.2, 0.25) is 0 Å². The number of hydrogen-bond acceptors (Lipinski definition) is 3. The van der Waals surface area contributed by atoms with Crippen LogP contribution in [-0.2, 0) is 13.0 Å². The van der Waals surface area contributed by atoms with E-state index in [1.54, 1.807) is 29.2 Å². The quantitative estimate of drug-likeness (QED) is 0.792. The molecule has 0 N–H and O–H groups in total. The van der Waals surface area contributed by atoms with Crippen LogP contribution in [0.5, 0.6) is 0 Å². The van der Waals surface area contributed by atoms with Crippen LogP contribution < -0.4 is 5.56 Å². The summed E-state index contributed by atoms with van der Waals surface area (Å²) in [6, 6.07) is 8.97. The van der Waals surface area contributed by atoms with Crippen molar-refractivity contribution in [3.05, 3.63) is 64.3 Å². The van der Waals surface area contributed by atoms with Gasteiger partial charge in [-0.1, -0.05) is 0 Å². The van der Waals surface area contributed by atoms with Crippen LogP contribution in [-0.4, -0.2) is 9.55 Å². The fourth-order valence-electron chi connectivity index (χ4n) is 1.60. The lowest BCUT2D eigenvalue weighted by molar-refractivity contribution is 0.667. The third kappa shape index (κ3) is 2.58. The number of nitriles is 1. The first kappa shape index (κ1) is 11.1. The van der Waals surface area contributed by atoms with Crippen LogP contribution in [0.2, 0.25) is 0 Å². The third-order valence-corrected chi connectivity index (χ3v) is 2.53. The normalized spacial score (nSPS) is 9.82. The first-order chi connectivity index (χ1) is 8.31. The Balaban J connectivity index is 2.16. The minimum atomic E-state index is -0.232. The Hall–Kier alpha value is -2.41. The average molecular weight is 225 g/mol. The number of hydrogen-bond donors (Lipinski definition) is 0. The molecule has 0 spiro atoms. The smallest absolute Gasteiger partial charge is 0.268 e. The van der Waals surface area contributed by atoms with Crippen LogP contribution in [0.4, 0.5) is 0 Å². The lowest BCUT2D eigenvalue weighted by Crippen LogP contribution is -2.22. The van der Waals surface area contributed by atoms with Gasteiger partial charge in [0.15, 0.2) is 0 Å². The van der Waals surface area contributed by atoms with E-state index in [1.165, 1.54) is 6.07 Å². The van der Waals surface area contributed by atoms with Crippen molar-refractivity contribution in [2.75, 3.05) is 0 Å². The summed E-state index contributed by atoms with van der Waals surface area (Å²) in [5, 5.41) is 8.76. The standard InChI is InChI=1S/C13H11N3O/c14-10-12-2-1-8-16(13(12)17)9-5-11-3-6-15-7-4-11/h1-4,6-8H,5,9H2. The number of rotatable bonds is 3. The Morgan fingerprint density at radius 3 is 2.76 bits per heavy atom. The van der Waals surface area contributed by atoms with Crippen molar-refractivity contribution in [2.24, 2.45) is 0 Å². The molecule has 17 heavy (non-hydrogen) atoms. The summed E-state index contributed by atoms with van der Waals surface area (Å²) in [5.74, 6) is 0. The molecule has 0 amide bonds. The Labute approximate surface area is 98.8 Å². The van der Waals surface area contributed by atoms with Crippen molar-refractivity contribution in [2.45, 2.75) is 13.0 Å². The molecule has 0 unspecified atom stereocenters. The van der Waals surface area contributed by atoms with Crippen LogP contribution in [0.15, 0.2) is 47.7 Å². The van der Waals surface area contributed by atoms with Gasteiger partial charge in [0.1, 0.15) is 11.6 Å². The second kappa shape index (κ2) is 5.08. The molecule has 4 nitrogen and oxygen atoms in total. The van der Waals surface area contributed by atoms with Gasteiger partial charge in [-0.25, -0.2) is 0 Å². The van der Waals surface area contributed by atoms with Crippen LogP contribution in [0.3, 0.4) is 0 Å². The Bertz CT molecular complexity index is 596. The molecule has 0 fully saturated rings. The van der Waals surface area contributed by atoms with Crippen molar-refractivity contribution in [1.82, 2.24) is 9.55 Å². The average Bonchev–Trinajstić information content (AvgIpc) is 2.39. The zero-order chi connectivity index (χ0) is 12.1. The first-order valence-electron chi connectivity index (χ1n) is 5.30. The summed E-state index contributed by atoms with van der Waals surface area (Å²) >= 11 is 0. The van der Waals surface area contributed by atoms with E-state index in [2.05, 4.69) is 4.98 Å². The number of aryl methyl sites for hydroxylation is 2. The summed E-state index contributed by atoms with van der Waals surface area (Å²) in [7, 11) is 0. The van der Waals surface area contributed by atoms with Crippen LogP contribution >= 0.6 is 0 Å². The predicted octanol–water partition coefficient (Wildman–Crippen LogP) is 1.36. The molecule has 0 bridgehead atoms. The third-order valence-electron chi connectivity index (χ3n) is 2.53. The van der Waals surface area contributed by atoms with E-state index in [0.717, 1.165) is 12.0 Å². The fraction of sp³-hybridized carbons (Fsp3) is 0.154. The molecule has 0 saturated carbocycles. The van der Waals surface area contributed by atoms with Gasteiger partial charge in [0.25, 0.3) is 5.56 Å². The van der Waals surface area contributed by atoms with Gasteiger partial charge in [-0.15, -0.1) is 0 Å². The molecule has 0 aliphatic rings. The van der Waals surface area contributed by atoms with Gasteiger partial charge in [0.05, 0.1) is 0 Å². The van der Waals surface area contributed by atoms with E-state index in [0.29, 0.717) is 6.54 Å². The minimum Gasteiger partial charge on any atom is -0.314 e. The van der Waals surface area contributed by atoms with Crippen LogP contribution in [0.1, 0.15) is 11.1 Å². The highest BCUT2D eigenvalue weighted by molar-refractivity contribution is 5.25. The lowest BCUT2D eigenvalue weighted by atomic mass is 10.2. The number of nitrogens with zero attached hydrogens (tertiary/aromatic N) is 3. The Morgan fingerprint density at radius 1 is 1.29 bits per heavy atom. The maximum Gasteiger partial charge on any atom is 0.268 e. The van der Waals surface area contributed by atoms with E-state index in [9.17, 15) is 4.79 Å². The van der Waals surface area contributed by atoms with Crippen molar-refractivity contribution in [1.29, 1.82) is 5.26 Å². The molecular weight excluding hydrogens is 214 g/mol. The van der Waals surface area contributed by atoms with Gasteiger partial charge in [-0.3, -0.25) is 9.78 Å². The maximum atomic E-state index is 11.7. The van der Waals surface area contributed by atoms with E-state index < -0.39 is 0 Å². The summed E-state index contributed by atoms with van der Waals surface area (Å²) in [6.45, 7) is 0.568. The molecular formula is C13H11N3O. The molecule has 2 heterocycles. The largest absolute Gasteiger partial charge is 0.314 e. The van der Waals surface area contributed by atoms with E-state index in [-0.39, 0.29) is 11.1 Å². The number of aromatic nitrogens is 2. The minimum absolute atomic E-state index is 0.183. The van der Waals surface area contributed by atoms with Crippen LogP contribution in [0, 0.1) is 11.3 Å². The molecule has 0 atom stereocenters. The monoisotopic (exact) mass is 225 g/mol. The second-order valence-electron chi connectivity index (χ2n) is 3.64. The molecule has 0 radical (unpaired) electrons. The molecule has 0 saturated heterocycles. The molecule has 84 valence electrons.